The third kappa shape index (κ3) is 19.7. The van der Waals surface area contributed by atoms with E-state index < -0.39 is 61.5 Å². The average molecular weight is 885 g/mol. The summed E-state index contributed by atoms with van der Waals surface area (Å²) in [4.78, 5) is 51.8. The van der Waals surface area contributed by atoms with Gasteiger partial charge in [0.25, 0.3) is 0 Å². The van der Waals surface area contributed by atoms with Crippen molar-refractivity contribution in [2.24, 2.45) is 5.73 Å². The fraction of sp³-hybridized carbons (Fsp3) is 0.882. The van der Waals surface area contributed by atoms with Gasteiger partial charge in [-0.25, -0.2) is 0 Å². The maximum absolute atomic E-state index is 13.1. The Morgan fingerprint density at radius 1 is 0.674 bits per heavy atom. The molecule has 0 rings (SSSR count). The van der Waals surface area contributed by atoms with E-state index in [4.69, 9.17) is 11.9 Å². The van der Waals surface area contributed by atoms with Crippen molar-refractivity contribution >= 4 is 74.0 Å². The molecule has 0 aromatic carbocycles. The van der Waals surface area contributed by atoms with E-state index in [1.165, 1.54) is 0 Å². The minimum atomic E-state index is -3.17. The Bertz CT molecular complexity index is 823. The van der Waals surface area contributed by atoms with E-state index in [-0.39, 0.29) is 37.1 Å². The molecule has 0 bridgehead atoms. The van der Waals surface area contributed by atoms with Crippen LogP contribution in [0.3, 0.4) is 0 Å². The van der Waals surface area contributed by atoms with E-state index in [9.17, 15) is 19.2 Å². The van der Waals surface area contributed by atoms with Gasteiger partial charge in [-0.1, -0.05) is 0 Å². The second-order valence-corrected chi connectivity index (χ2v) is 36.6. The molecular formula is C34H69N3O6SSn2. The molecule has 0 radical (unpaired) electrons. The quantitative estimate of drug-likeness (QED) is 0.0454. The van der Waals surface area contributed by atoms with Crippen LogP contribution in [-0.4, -0.2) is 85.7 Å². The first kappa shape index (κ1) is 45.8. The molecule has 0 aliphatic carbocycles. The molecular weight excluding hydrogens is 816 g/mol. The Labute approximate surface area is 296 Å². The van der Waals surface area contributed by atoms with Crippen LogP contribution in [0.4, 0.5) is 0 Å². The first-order chi connectivity index (χ1) is 22.0. The molecule has 270 valence electrons. The number of carbonyl (C=O) groups is 4. The average Bonchev–Trinajstić information content (AvgIpc) is 3.05. The zero-order valence-electron chi connectivity index (χ0n) is 30.2. The van der Waals surface area contributed by atoms with E-state index in [0.717, 1.165) is 104 Å². The van der Waals surface area contributed by atoms with Crippen LogP contribution in [0, 0.1) is 0 Å². The molecule has 0 spiro atoms. The van der Waals surface area contributed by atoms with Gasteiger partial charge in [0.15, 0.2) is 0 Å². The fourth-order valence-corrected chi connectivity index (χ4v) is 32.4. The Kier molecular flexibility index (Phi) is 27.5. The van der Waals surface area contributed by atoms with Crippen LogP contribution in [-0.2, 0) is 25.3 Å². The number of thiol groups is 1. The molecule has 12 heteroatoms. The van der Waals surface area contributed by atoms with Gasteiger partial charge < -0.3 is 0 Å². The van der Waals surface area contributed by atoms with Crippen molar-refractivity contribution < 1.29 is 25.3 Å². The summed E-state index contributed by atoms with van der Waals surface area (Å²) in [5.41, 5.74) is 6.24. The van der Waals surface area contributed by atoms with Gasteiger partial charge in [-0.2, -0.15) is 0 Å². The summed E-state index contributed by atoms with van der Waals surface area (Å²) in [7, 11) is 0. The van der Waals surface area contributed by atoms with Gasteiger partial charge in [-0.05, 0) is 0 Å². The van der Waals surface area contributed by atoms with Gasteiger partial charge >= 0.3 is 298 Å². The monoisotopic (exact) mass is 887 g/mol. The molecule has 2 amide bonds. The number of unbranched alkanes of at least 4 members (excludes halogenated alkanes) is 6. The Hall–Kier alpha value is -0.213. The molecule has 0 unspecified atom stereocenters. The number of amides is 2. The summed E-state index contributed by atoms with van der Waals surface area (Å²) in [5, 5.41) is 5.34. The molecule has 0 saturated heterocycles. The van der Waals surface area contributed by atoms with E-state index in [2.05, 4.69) is 64.8 Å². The predicted octanol–water partition coefficient (Wildman–Crippen LogP) is 7.40. The number of nitrogens with one attached hydrogen (secondary N) is 2. The van der Waals surface area contributed by atoms with Crippen molar-refractivity contribution in [3.8, 4) is 0 Å². The standard InChI is InChI=1S/C10H17N3O6S.6C4H9.2Sn/c11-5(10(18)19)1-2-7(14)13-6(4-20)9(17)12-3-8(15)16;6*1-3-4-2;;/h5-6,20H,1-4,11H2,(H,12,17)(H,13,14)(H,15,16)(H,18,19);6*1,3-4H2,2H3;;/q;;;;;;;2*+1/p-2/t5-,6-;;;;;;;;/m1......../s1. The van der Waals surface area contributed by atoms with E-state index in [0.29, 0.717) is 0 Å². The molecule has 9 nitrogen and oxygen atoms in total. The Morgan fingerprint density at radius 3 is 1.43 bits per heavy atom. The van der Waals surface area contributed by atoms with Crippen LogP contribution in [0.1, 0.15) is 131 Å². The van der Waals surface area contributed by atoms with Crippen molar-refractivity contribution in [2.75, 3.05) is 12.3 Å². The summed E-state index contributed by atoms with van der Waals surface area (Å²) >= 11 is -2.06. The van der Waals surface area contributed by atoms with Crippen LogP contribution in [0.5, 0.6) is 0 Å². The molecule has 0 aromatic rings. The van der Waals surface area contributed by atoms with Gasteiger partial charge in [0.05, 0.1) is 0 Å². The van der Waals surface area contributed by atoms with Crippen LogP contribution in [0.2, 0.25) is 26.6 Å². The first-order valence-electron chi connectivity index (χ1n) is 18.4. The summed E-state index contributed by atoms with van der Waals surface area (Å²) in [6, 6.07) is -1.80. The molecule has 46 heavy (non-hydrogen) atoms. The number of hydrogen-bond acceptors (Lipinski definition) is 8. The van der Waals surface area contributed by atoms with E-state index in [1.807, 2.05) is 0 Å². The Balaban J connectivity index is 5.13. The molecule has 0 saturated carbocycles. The fourth-order valence-electron chi connectivity index (χ4n) is 5.76. The van der Waals surface area contributed by atoms with Gasteiger partial charge in [0.2, 0.25) is 0 Å². The van der Waals surface area contributed by atoms with Gasteiger partial charge in [-0.15, -0.1) is 0 Å². The second-order valence-electron chi connectivity index (χ2n) is 13.0. The Morgan fingerprint density at radius 2 is 1.07 bits per heavy atom. The minimum absolute atomic E-state index is 0.0134. The zero-order valence-corrected chi connectivity index (χ0v) is 36.8. The summed E-state index contributed by atoms with van der Waals surface area (Å²) < 4.78 is 18.8. The predicted molar refractivity (Wildman–Crippen MR) is 198 cm³/mol. The molecule has 0 fully saturated rings. The third-order valence-corrected chi connectivity index (χ3v) is 34.5. The molecule has 0 aliphatic heterocycles. The number of hydrogen-bond donors (Lipinski definition) is 4. The molecule has 2 atom stereocenters. The number of rotatable bonds is 29. The van der Waals surface area contributed by atoms with Crippen molar-refractivity contribution in [1.82, 2.24) is 10.6 Å². The van der Waals surface area contributed by atoms with Gasteiger partial charge in [0, 0.05) is 0 Å². The van der Waals surface area contributed by atoms with Crippen LogP contribution in [0.15, 0.2) is 0 Å². The zero-order chi connectivity index (χ0) is 34.8. The first-order valence-corrected chi connectivity index (χ1v) is 33.5. The molecule has 4 N–H and O–H groups in total. The van der Waals surface area contributed by atoms with Crippen molar-refractivity contribution in [2.45, 2.75) is 170 Å². The molecule has 0 aromatic heterocycles. The van der Waals surface area contributed by atoms with Gasteiger partial charge in [0.1, 0.15) is 0 Å². The van der Waals surface area contributed by atoms with Crippen LogP contribution < -0.4 is 16.4 Å². The van der Waals surface area contributed by atoms with Crippen molar-refractivity contribution in [3.05, 3.63) is 0 Å². The normalized spacial score (nSPS) is 13.1. The third-order valence-electron chi connectivity index (χ3n) is 8.79. The topological polar surface area (TPSA) is 137 Å². The van der Waals surface area contributed by atoms with Gasteiger partial charge in [-0.3, -0.25) is 0 Å². The second kappa shape index (κ2) is 27.6. The van der Waals surface area contributed by atoms with Crippen LogP contribution in [0.25, 0.3) is 0 Å². The van der Waals surface area contributed by atoms with E-state index in [1.54, 1.807) is 0 Å². The van der Waals surface area contributed by atoms with Crippen molar-refractivity contribution in [3.63, 3.8) is 0 Å². The summed E-state index contributed by atoms with van der Waals surface area (Å²) in [6.45, 7) is 12.8. The summed E-state index contributed by atoms with van der Waals surface area (Å²) in [5.74, 6) is -1.57. The number of carbonyl (C=O) groups excluding carboxylic acids is 4. The maximum atomic E-state index is 13.1. The summed E-state index contributed by atoms with van der Waals surface area (Å²) in [6.07, 6.45) is 13.0. The SMILES string of the molecule is CCC[CH2][Sn]([CH2]CCC)([CH2]CCC)[O]C(=O)CNC(=O)[C@@H](CS)NC(=O)CC[C@@H](N)C(=O)[O][Sn]([CH2]CCC)([CH2]CCC)[CH2]CCC. The molecule has 0 heterocycles. The number of nitrogens with two attached hydrogens (primary N) is 1. The van der Waals surface area contributed by atoms with E-state index >= 15 is 0 Å². The van der Waals surface area contributed by atoms with Crippen molar-refractivity contribution in [1.29, 1.82) is 0 Å². The van der Waals surface area contributed by atoms with Crippen LogP contribution >= 0.6 is 12.6 Å². The molecule has 0 aliphatic rings.